The van der Waals surface area contributed by atoms with Crippen LogP contribution in [0.5, 0.6) is 0 Å². The third-order valence-electron chi connectivity index (χ3n) is 4.22. The highest BCUT2D eigenvalue weighted by atomic mass is 35.5. The normalized spacial score (nSPS) is 11.7. The van der Waals surface area contributed by atoms with Gasteiger partial charge in [-0.1, -0.05) is 53.5 Å². The molecule has 0 radical (unpaired) electrons. The summed E-state index contributed by atoms with van der Waals surface area (Å²) in [6.45, 7) is 2.03. The Morgan fingerprint density at radius 2 is 1.85 bits per heavy atom. The zero-order chi connectivity index (χ0) is 19.1. The summed E-state index contributed by atoms with van der Waals surface area (Å²) in [4.78, 5) is 26.5. The first-order valence-electron chi connectivity index (χ1n) is 8.41. The lowest BCUT2D eigenvalue weighted by atomic mass is 10.1. The number of nitrogens with zero attached hydrogens (tertiary/aromatic N) is 1. The number of benzene rings is 2. The molecule has 0 heterocycles. The minimum Gasteiger partial charge on any atom is -0.357 e. The van der Waals surface area contributed by atoms with Gasteiger partial charge in [0, 0.05) is 30.1 Å². The molecule has 1 atom stereocenters. The molecule has 0 aromatic heterocycles. The van der Waals surface area contributed by atoms with Gasteiger partial charge in [0.25, 0.3) is 0 Å². The van der Waals surface area contributed by atoms with Crippen molar-refractivity contribution in [2.75, 3.05) is 7.05 Å². The highest BCUT2D eigenvalue weighted by Crippen LogP contribution is 2.19. The SMILES string of the molecule is CNC(=O)C(C)N(Cc1cccc(Cl)c1)C(=O)CCc1ccccc1Cl. The molecule has 0 spiro atoms. The summed E-state index contributed by atoms with van der Waals surface area (Å²) >= 11 is 12.2. The van der Waals surface area contributed by atoms with Gasteiger partial charge in [0.15, 0.2) is 0 Å². The standard InChI is InChI=1S/C20H22Cl2N2O2/c1-14(20(26)23-2)24(13-15-6-5-8-17(21)12-15)19(25)11-10-16-7-3-4-9-18(16)22/h3-9,12,14H,10-11,13H2,1-2H3,(H,23,26). The number of hydrogen-bond acceptors (Lipinski definition) is 2. The number of carbonyl (C=O) groups is 2. The summed E-state index contributed by atoms with van der Waals surface area (Å²) in [5.74, 6) is -0.320. The number of carbonyl (C=O) groups excluding carboxylic acids is 2. The summed E-state index contributed by atoms with van der Waals surface area (Å²) in [5, 5.41) is 3.84. The lowest BCUT2D eigenvalue weighted by Gasteiger charge is -2.28. The summed E-state index contributed by atoms with van der Waals surface area (Å²) in [6.07, 6.45) is 0.788. The summed E-state index contributed by atoms with van der Waals surface area (Å²) in [5.41, 5.74) is 1.79. The number of hydrogen-bond donors (Lipinski definition) is 1. The second kappa shape index (κ2) is 9.60. The molecule has 0 bridgehead atoms. The molecule has 2 aromatic rings. The van der Waals surface area contributed by atoms with E-state index < -0.39 is 6.04 Å². The molecule has 0 saturated heterocycles. The van der Waals surface area contributed by atoms with Crippen LogP contribution in [0.15, 0.2) is 48.5 Å². The molecule has 6 heteroatoms. The van der Waals surface area contributed by atoms with E-state index in [0.717, 1.165) is 11.1 Å². The Hall–Kier alpha value is -2.04. The zero-order valence-corrected chi connectivity index (χ0v) is 16.3. The Balaban J connectivity index is 2.15. The van der Waals surface area contributed by atoms with E-state index >= 15 is 0 Å². The van der Waals surface area contributed by atoms with Crippen molar-refractivity contribution >= 4 is 35.0 Å². The van der Waals surface area contributed by atoms with Crippen molar-refractivity contribution in [2.24, 2.45) is 0 Å². The van der Waals surface area contributed by atoms with E-state index in [4.69, 9.17) is 23.2 Å². The van der Waals surface area contributed by atoms with E-state index in [-0.39, 0.29) is 18.2 Å². The minimum atomic E-state index is -0.585. The Labute approximate surface area is 164 Å². The largest absolute Gasteiger partial charge is 0.357 e. The Morgan fingerprint density at radius 3 is 2.50 bits per heavy atom. The first-order valence-corrected chi connectivity index (χ1v) is 9.17. The summed E-state index contributed by atoms with van der Waals surface area (Å²) in [6, 6.07) is 14.2. The minimum absolute atomic E-state index is 0.110. The molecule has 26 heavy (non-hydrogen) atoms. The number of nitrogens with one attached hydrogen (secondary N) is 1. The molecular formula is C20H22Cl2N2O2. The smallest absolute Gasteiger partial charge is 0.242 e. The molecule has 2 amide bonds. The van der Waals surface area contributed by atoms with Crippen molar-refractivity contribution in [3.8, 4) is 0 Å². The maximum absolute atomic E-state index is 12.8. The van der Waals surface area contributed by atoms with Gasteiger partial charge in [-0.25, -0.2) is 0 Å². The van der Waals surface area contributed by atoms with Crippen molar-refractivity contribution in [1.29, 1.82) is 0 Å². The van der Waals surface area contributed by atoms with Crippen LogP contribution in [-0.2, 0) is 22.6 Å². The van der Waals surface area contributed by atoms with Crippen LogP contribution in [0.3, 0.4) is 0 Å². The maximum Gasteiger partial charge on any atom is 0.242 e. The van der Waals surface area contributed by atoms with E-state index in [1.54, 1.807) is 37.1 Å². The van der Waals surface area contributed by atoms with Gasteiger partial charge in [-0.15, -0.1) is 0 Å². The molecule has 1 unspecified atom stereocenters. The molecule has 0 aliphatic carbocycles. The summed E-state index contributed by atoms with van der Waals surface area (Å²) in [7, 11) is 1.56. The molecule has 2 rings (SSSR count). The third kappa shape index (κ3) is 5.48. The van der Waals surface area contributed by atoms with Crippen LogP contribution < -0.4 is 5.32 Å². The van der Waals surface area contributed by atoms with Gasteiger partial charge in [0.2, 0.25) is 11.8 Å². The average molecular weight is 393 g/mol. The van der Waals surface area contributed by atoms with Crippen molar-refractivity contribution in [3.05, 3.63) is 69.7 Å². The number of halogens is 2. The number of aryl methyl sites for hydroxylation is 1. The Bertz CT molecular complexity index is 780. The number of rotatable bonds is 7. The van der Waals surface area contributed by atoms with Crippen LogP contribution in [-0.4, -0.2) is 29.8 Å². The van der Waals surface area contributed by atoms with Crippen LogP contribution >= 0.6 is 23.2 Å². The van der Waals surface area contributed by atoms with Crippen LogP contribution in [0.1, 0.15) is 24.5 Å². The zero-order valence-electron chi connectivity index (χ0n) is 14.8. The first-order chi connectivity index (χ1) is 12.4. The number of likely N-dealkylation sites (N-methyl/N-ethyl adjacent to an activating group) is 1. The van der Waals surface area contributed by atoms with Crippen molar-refractivity contribution < 1.29 is 9.59 Å². The maximum atomic E-state index is 12.8. The van der Waals surface area contributed by atoms with Crippen LogP contribution in [0, 0.1) is 0 Å². The first kappa shape index (κ1) is 20.3. The van der Waals surface area contributed by atoms with Gasteiger partial charge in [-0.05, 0) is 42.7 Å². The van der Waals surface area contributed by atoms with Crippen molar-refractivity contribution in [1.82, 2.24) is 10.2 Å². The monoisotopic (exact) mass is 392 g/mol. The fourth-order valence-corrected chi connectivity index (χ4v) is 3.15. The highest BCUT2D eigenvalue weighted by Gasteiger charge is 2.25. The van der Waals surface area contributed by atoms with Crippen LogP contribution in [0.25, 0.3) is 0 Å². The molecule has 4 nitrogen and oxygen atoms in total. The van der Waals surface area contributed by atoms with E-state index in [9.17, 15) is 9.59 Å². The Morgan fingerprint density at radius 1 is 1.12 bits per heavy atom. The van der Waals surface area contributed by atoms with Gasteiger partial charge < -0.3 is 10.2 Å². The third-order valence-corrected chi connectivity index (χ3v) is 4.83. The Kier molecular flexibility index (Phi) is 7.49. The molecule has 138 valence electrons. The quantitative estimate of drug-likeness (QED) is 0.771. The fourth-order valence-electron chi connectivity index (χ4n) is 2.71. The molecule has 1 N–H and O–H groups in total. The van der Waals surface area contributed by atoms with E-state index in [2.05, 4.69) is 5.32 Å². The summed E-state index contributed by atoms with van der Waals surface area (Å²) < 4.78 is 0. The molecular weight excluding hydrogens is 371 g/mol. The van der Waals surface area contributed by atoms with Gasteiger partial charge in [0.1, 0.15) is 6.04 Å². The lowest BCUT2D eigenvalue weighted by molar-refractivity contribution is -0.140. The molecule has 0 aliphatic heterocycles. The predicted octanol–water partition coefficient (Wildman–Crippen LogP) is 4.09. The van der Waals surface area contributed by atoms with E-state index in [1.807, 2.05) is 30.3 Å². The molecule has 0 aliphatic rings. The van der Waals surface area contributed by atoms with Crippen LogP contribution in [0.4, 0.5) is 0 Å². The van der Waals surface area contributed by atoms with Gasteiger partial charge in [0.05, 0.1) is 0 Å². The number of amides is 2. The van der Waals surface area contributed by atoms with Gasteiger partial charge in [-0.2, -0.15) is 0 Å². The average Bonchev–Trinajstić information content (AvgIpc) is 2.64. The topological polar surface area (TPSA) is 49.4 Å². The van der Waals surface area contributed by atoms with E-state index in [1.165, 1.54) is 0 Å². The van der Waals surface area contributed by atoms with Gasteiger partial charge in [-0.3, -0.25) is 9.59 Å². The second-order valence-corrected chi connectivity index (χ2v) is 6.88. The molecule has 0 fully saturated rings. The van der Waals surface area contributed by atoms with Crippen LogP contribution in [0.2, 0.25) is 10.0 Å². The molecule has 0 saturated carbocycles. The predicted molar refractivity (Wildman–Crippen MR) is 105 cm³/mol. The highest BCUT2D eigenvalue weighted by molar-refractivity contribution is 6.31. The van der Waals surface area contributed by atoms with E-state index in [0.29, 0.717) is 23.0 Å². The second-order valence-electron chi connectivity index (χ2n) is 6.03. The van der Waals surface area contributed by atoms with Crippen molar-refractivity contribution in [2.45, 2.75) is 32.4 Å². The lowest BCUT2D eigenvalue weighted by Crippen LogP contribution is -2.46. The molecule has 2 aromatic carbocycles. The fraction of sp³-hybridized carbons (Fsp3) is 0.300. The van der Waals surface area contributed by atoms with Crippen molar-refractivity contribution in [3.63, 3.8) is 0 Å². The van der Waals surface area contributed by atoms with Gasteiger partial charge >= 0.3 is 0 Å².